The summed E-state index contributed by atoms with van der Waals surface area (Å²) in [5.74, 6) is -0.384. The number of aryl methyl sites for hydroxylation is 1. The molecule has 96 valence electrons. The summed E-state index contributed by atoms with van der Waals surface area (Å²) < 4.78 is 15.3. The predicted molar refractivity (Wildman–Crippen MR) is 68.4 cm³/mol. The quantitative estimate of drug-likeness (QED) is 0.946. The van der Waals surface area contributed by atoms with E-state index in [4.69, 9.17) is 0 Å². The van der Waals surface area contributed by atoms with Gasteiger partial charge in [0, 0.05) is 7.05 Å². The van der Waals surface area contributed by atoms with E-state index >= 15 is 0 Å². The maximum absolute atomic E-state index is 13.3. The molecule has 18 heavy (non-hydrogen) atoms. The lowest BCUT2D eigenvalue weighted by Gasteiger charge is -2.27. The van der Waals surface area contributed by atoms with Crippen LogP contribution in [-0.2, 0) is 12.6 Å². The predicted octanol–water partition coefficient (Wildman–Crippen LogP) is 2.36. The van der Waals surface area contributed by atoms with Crippen LogP contribution in [0.1, 0.15) is 24.6 Å². The van der Waals surface area contributed by atoms with Gasteiger partial charge in [0.15, 0.2) is 4.60 Å². The average molecular weight is 314 g/mol. The fraction of sp³-hybridized carbons (Fsp3) is 0.333. The summed E-state index contributed by atoms with van der Waals surface area (Å²) in [6.45, 7) is 1.82. The molecule has 4 nitrogen and oxygen atoms in total. The molecule has 0 amide bonds. The summed E-state index contributed by atoms with van der Waals surface area (Å²) in [6, 6.07) is 5.92. The molecule has 0 bridgehead atoms. The van der Waals surface area contributed by atoms with E-state index < -0.39 is 5.60 Å². The van der Waals surface area contributed by atoms with E-state index in [1.165, 1.54) is 16.8 Å². The van der Waals surface area contributed by atoms with Crippen LogP contribution >= 0.6 is 15.9 Å². The molecular formula is C12H13BrFN3O. The fourth-order valence-corrected chi connectivity index (χ4v) is 2.68. The molecule has 2 aromatic rings. The van der Waals surface area contributed by atoms with E-state index in [2.05, 4.69) is 26.2 Å². The smallest absolute Gasteiger partial charge is 0.154 e. The summed E-state index contributed by atoms with van der Waals surface area (Å²) in [4.78, 5) is 0. The largest absolute Gasteiger partial charge is 0.379 e. The van der Waals surface area contributed by atoms with Gasteiger partial charge in [-0.05, 0) is 40.0 Å². The third kappa shape index (κ3) is 2.06. The van der Waals surface area contributed by atoms with Gasteiger partial charge in [0.25, 0.3) is 0 Å². The SMILES string of the molecule is CCC(O)(c1cccc(F)c1)c1c(Br)nnn1C. The highest BCUT2D eigenvalue weighted by atomic mass is 79.9. The maximum Gasteiger partial charge on any atom is 0.154 e. The minimum absolute atomic E-state index is 0.384. The second-order valence-corrected chi connectivity index (χ2v) is 4.83. The second-order valence-electron chi connectivity index (χ2n) is 4.08. The lowest BCUT2D eigenvalue weighted by Crippen LogP contribution is -2.29. The Hall–Kier alpha value is -1.27. The third-order valence-corrected chi connectivity index (χ3v) is 3.53. The molecule has 1 aromatic heterocycles. The van der Waals surface area contributed by atoms with Crippen molar-refractivity contribution in [2.45, 2.75) is 18.9 Å². The van der Waals surface area contributed by atoms with E-state index in [-0.39, 0.29) is 5.82 Å². The molecule has 0 radical (unpaired) electrons. The van der Waals surface area contributed by atoms with Gasteiger partial charge < -0.3 is 5.11 Å². The van der Waals surface area contributed by atoms with Crippen LogP contribution in [0.25, 0.3) is 0 Å². The summed E-state index contributed by atoms with van der Waals surface area (Å²) in [5, 5.41) is 18.5. The molecule has 1 heterocycles. The molecule has 1 aromatic carbocycles. The number of benzene rings is 1. The fourth-order valence-electron chi connectivity index (χ4n) is 2.02. The van der Waals surface area contributed by atoms with E-state index in [9.17, 15) is 9.50 Å². The maximum atomic E-state index is 13.3. The van der Waals surface area contributed by atoms with Crippen LogP contribution in [0.4, 0.5) is 4.39 Å². The Kier molecular flexibility index (Phi) is 3.49. The standard InChI is InChI=1S/C12H13BrFN3O/c1-3-12(18,8-5-4-6-9(14)7-8)10-11(13)15-16-17(10)2/h4-7,18H,3H2,1-2H3. The van der Waals surface area contributed by atoms with Crippen molar-refractivity contribution in [2.75, 3.05) is 0 Å². The average Bonchev–Trinajstić information content (AvgIpc) is 2.69. The topological polar surface area (TPSA) is 50.9 Å². The Bertz CT molecular complexity index is 553. The van der Waals surface area contributed by atoms with E-state index in [0.717, 1.165) is 0 Å². The zero-order valence-electron chi connectivity index (χ0n) is 10.1. The summed E-state index contributed by atoms with van der Waals surface area (Å²) >= 11 is 3.26. The Balaban J connectivity index is 2.62. The molecule has 0 aliphatic carbocycles. The van der Waals surface area contributed by atoms with Crippen LogP contribution in [0.2, 0.25) is 0 Å². The first kappa shape index (κ1) is 13.2. The Labute approximate surface area is 113 Å². The van der Waals surface area contributed by atoms with Gasteiger partial charge in [0.2, 0.25) is 0 Å². The highest BCUT2D eigenvalue weighted by Gasteiger charge is 2.35. The number of nitrogens with zero attached hydrogens (tertiary/aromatic N) is 3. The first-order chi connectivity index (χ1) is 8.49. The van der Waals surface area contributed by atoms with Crippen molar-refractivity contribution in [2.24, 2.45) is 7.05 Å². The first-order valence-corrected chi connectivity index (χ1v) is 6.32. The van der Waals surface area contributed by atoms with E-state index in [1.807, 2.05) is 6.92 Å². The number of aliphatic hydroxyl groups is 1. The van der Waals surface area contributed by atoms with Gasteiger partial charge >= 0.3 is 0 Å². The second kappa shape index (κ2) is 4.78. The monoisotopic (exact) mass is 313 g/mol. The van der Waals surface area contributed by atoms with Crippen LogP contribution in [0, 0.1) is 5.82 Å². The summed E-state index contributed by atoms with van der Waals surface area (Å²) in [7, 11) is 1.69. The molecule has 1 atom stereocenters. The van der Waals surface area contributed by atoms with Gasteiger partial charge in [-0.1, -0.05) is 24.3 Å². The lowest BCUT2D eigenvalue weighted by molar-refractivity contribution is 0.0666. The van der Waals surface area contributed by atoms with Crippen molar-refractivity contribution in [3.05, 3.63) is 45.9 Å². The number of hydrogen-bond acceptors (Lipinski definition) is 3. The zero-order chi connectivity index (χ0) is 13.3. The van der Waals surface area contributed by atoms with Gasteiger partial charge in [-0.3, -0.25) is 0 Å². The third-order valence-electron chi connectivity index (χ3n) is 2.99. The minimum atomic E-state index is -1.32. The van der Waals surface area contributed by atoms with Crippen LogP contribution in [0.5, 0.6) is 0 Å². The molecule has 0 aliphatic rings. The summed E-state index contributed by atoms with van der Waals surface area (Å²) in [5.41, 5.74) is -0.328. The molecule has 0 spiro atoms. The molecule has 1 N–H and O–H groups in total. The van der Waals surface area contributed by atoms with Crippen molar-refractivity contribution in [3.63, 3.8) is 0 Å². The van der Waals surface area contributed by atoms with Gasteiger partial charge in [-0.15, -0.1) is 5.10 Å². The molecule has 2 rings (SSSR count). The highest BCUT2D eigenvalue weighted by Crippen LogP contribution is 2.35. The van der Waals surface area contributed by atoms with Crippen molar-refractivity contribution in [1.82, 2.24) is 15.0 Å². The van der Waals surface area contributed by atoms with Gasteiger partial charge in [0.1, 0.15) is 17.1 Å². The number of rotatable bonds is 3. The van der Waals surface area contributed by atoms with Crippen LogP contribution in [0.15, 0.2) is 28.9 Å². The van der Waals surface area contributed by atoms with Crippen LogP contribution in [-0.4, -0.2) is 20.1 Å². The molecule has 0 saturated heterocycles. The van der Waals surface area contributed by atoms with E-state index in [1.54, 1.807) is 19.2 Å². The Morgan fingerprint density at radius 1 is 1.50 bits per heavy atom. The van der Waals surface area contributed by atoms with Gasteiger partial charge in [-0.2, -0.15) is 0 Å². The van der Waals surface area contributed by atoms with Gasteiger partial charge in [-0.25, -0.2) is 9.07 Å². The van der Waals surface area contributed by atoms with Gasteiger partial charge in [0.05, 0.1) is 0 Å². The van der Waals surface area contributed by atoms with E-state index in [0.29, 0.717) is 22.3 Å². The summed E-state index contributed by atoms with van der Waals surface area (Å²) in [6.07, 6.45) is 0.385. The molecule has 0 saturated carbocycles. The molecule has 6 heteroatoms. The lowest BCUT2D eigenvalue weighted by atomic mass is 9.88. The van der Waals surface area contributed by atoms with Crippen LogP contribution in [0.3, 0.4) is 0 Å². The molecule has 0 aliphatic heterocycles. The Morgan fingerprint density at radius 3 is 2.72 bits per heavy atom. The van der Waals surface area contributed by atoms with Crippen molar-refractivity contribution < 1.29 is 9.50 Å². The minimum Gasteiger partial charge on any atom is -0.379 e. The normalized spacial score (nSPS) is 14.5. The first-order valence-electron chi connectivity index (χ1n) is 5.53. The number of hydrogen-bond donors (Lipinski definition) is 1. The highest BCUT2D eigenvalue weighted by molar-refractivity contribution is 9.10. The number of aromatic nitrogens is 3. The number of halogens is 2. The van der Waals surface area contributed by atoms with Crippen LogP contribution < -0.4 is 0 Å². The van der Waals surface area contributed by atoms with Crippen molar-refractivity contribution in [3.8, 4) is 0 Å². The molecule has 1 unspecified atom stereocenters. The molecular weight excluding hydrogens is 301 g/mol. The van der Waals surface area contributed by atoms with Crippen molar-refractivity contribution in [1.29, 1.82) is 0 Å². The Morgan fingerprint density at radius 2 is 2.22 bits per heavy atom. The molecule has 0 fully saturated rings. The van der Waals surface area contributed by atoms with Crippen molar-refractivity contribution >= 4 is 15.9 Å². The zero-order valence-corrected chi connectivity index (χ0v) is 11.6.